The molecular weight excluding hydrogens is 399 g/mol. The van der Waals surface area contributed by atoms with Crippen molar-refractivity contribution in [2.45, 2.75) is 57.5 Å². The first-order valence-corrected chi connectivity index (χ1v) is 10.1. The maximum atomic E-state index is 14.0. The van der Waals surface area contributed by atoms with Crippen molar-refractivity contribution < 1.29 is 26.4 Å². The fourth-order valence-electron chi connectivity index (χ4n) is 4.22. The second-order valence-corrected chi connectivity index (χ2v) is 7.79. The van der Waals surface area contributed by atoms with Crippen molar-refractivity contribution in [1.29, 1.82) is 0 Å². The Morgan fingerprint density at radius 2 is 2.19 bits per heavy atom. The van der Waals surface area contributed by atoms with Crippen molar-refractivity contribution in [2.75, 3.05) is 19.6 Å². The normalized spacial score (nSPS) is 29.4. The van der Waals surface area contributed by atoms with Gasteiger partial charge in [0.2, 0.25) is 0 Å². The molecule has 0 saturated carbocycles. The summed E-state index contributed by atoms with van der Waals surface area (Å²) in [5.41, 5.74) is -0.295. The molecule has 2 aliphatic heterocycles. The van der Waals surface area contributed by atoms with E-state index in [1.54, 1.807) is 0 Å². The number of nitrogens with zero attached hydrogens (tertiary/aromatic N) is 4. The van der Waals surface area contributed by atoms with Gasteiger partial charge in [-0.1, -0.05) is 5.16 Å². The lowest BCUT2D eigenvalue weighted by Gasteiger charge is -2.31. The molecular formula is C23H27FN4O3. The second kappa shape index (κ2) is 8.16. The number of fused-ring (bicyclic) bond motifs is 2. The molecule has 1 aromatic carbocycles. The smallest absolute Gasteiger partial charge is 0.257 e. The maximum Gasteiger partial charge on any atom is 0.257 e. The molecule has 31 heavy (non-hydrogen) atoms. The first-order chi connectivity index (χ1) is 18.5. The van der Waals surface area contributed by atoms with Gasteiger partial charge < -0.3 is 14.5 Å². The van der Waals surface area contributed by atoms with Gasteiger partial charge in [-0.3, -0.25) is 9.36 Å². The van der Waals surface area contributed by atoms with Crippen molar-refractivity contribution in [3.8, 4) is 0 Å². The van der Waals surface area contributed by atoms with Gasteiger partial charge >= 0.3 is 0 Å². The molecule has 1 atom stereocenters. The molecule has 164 valence electrons. The summed E-state index contributed by atoms with van der Waals surface area (Å²) >= 11 is 0. The molecule has 0 spiro atoms. The number of aromatic nitrogens is 3. The van der Waals surface area contributed by atoms with E-state index in [0.29, 0.717) is 42.7 Å². The Morgan fingerprint density at radius 3 is 3.00 bits per heavy atom. The van der Waals surface area contributed by atoms with Crippen molar-refractivity contribution in [3.05, 3.63) is 57.1 Å². The Hall–Kier alpha value is -2.58. The minimum Gasteiger partial charge on any atom is -0.385 e. The van der Waals surface area contributed by atoms with Gasteiger partial charge in [0.25, 0.3) is 5.56 Å². The van der Waals surface area contributed by atoms with Crippen molar-refractivity contribution in [1.82, 2.24) is 19.6 Å². The van der Waals surface area contributed by atoms with Crippen LogP contribution in [-0.2, 0) is 12.9 Å². The topological polar surface area (TPSA) is 84.4 Å². The predicted octanol–water partition coefficient (Wildman–Crippen LogP) is 3.08. The molecule has 5 rings (SSSR count). The summed E-state index contributed by atoms with van der Waals surface area (Å²) in [4.78, 5) is 19.6. The highest BCUT2D eigenvalue weighted by atomic mass is 19.1. The average molecular weight is 436 g/mol. The number of likely N-dealkylation sites (tertiary alicyclic amines) is 1. The molecule has 4 heterocycles. The van der Waals surface area contributed by atoms with E-state index in [0.717, 1.165) is 0 Å². The van der Waals surface area contributed by atoms with Crippen LogP contribution in [0.2, 0.25) is 0 Å². The zero-order valence-electron chi connectivity index (χ0n) is 25.8. The lowest BCUT2D eigenvalue weighted by molar-refractivity contribution is 0.129. The molecule has 1 N–H and O–H groups in total. The summed E-state index contributed by atoms with van der Waals surface area (Å²) in [5, 5.41) is 14.6. The fourth-order valence-corrected chi connectivity index (χ4v) is 4.22. The van der Waals surface area contributed by atoms with Crippen LogP contribution >= 0.6 is 0 Å². The Balaban J connectivity index is 1.35. The fraction of sp³-hybridized carbons (Fsp3) is 0.522. The maximum absolute atomic E-state index is 14.0. The van der Waals surface area contributed by atoms with Gasteiger partial charge in [-0.05, 0) is 64.1 Å². The van der Waals surface area contributed by atoms with E-state index in [1.807, 2.05) is 0 Å². The Kier molecular flexibility index (Phi) is 3.28. The molecule has 1 unspecified atom stereocenters. The molecule has 1 fully saturated rings. The molecule has 0 aliphatic carbocycles. The van der Waals surface area contributed by atoms with Crippen molar-refractivity contribution >= 4 is 11.0 Å². The van der Waals surface area contributed by atoms with E-state index in [2.05, 4.69) is 15.0 Å². The van der Waals surface area contributed by atoms with Crippen LogP contribution in [0, 0.1) is 12.7 Å². The predicted molar refractivity (Wildman–Crippen MR) is 114 cm³/mol. The third-order valence-corrected chi connectivity index (χ3v) is 5.92. The standard InChI is InChI=1S/C23H27FN4O3/c1-14-17(23(30)28-9-2-3-19(29)22(28)25-14)8-12-27-10-6-15(7-11-27)21-18-5-4-16(24)13-20(18)31-26-21/h4-5,13,15,19,29H,2-3,6-12H2,1H3/i2D2,3D2,4D,5D,9D2,13D. The summed E-state index contributed by atoms with van der Waals surface area (Å²) in [5.74, 6) is -1.85. The molecule has 3 aromatic rings. The highest BCUT2D eigenvalue weighted by Gasteiger charge is 2.26. The number of aryl methyl sites for hydroxylation is 1. The lowest BCUT2D eigenvalue weighted by atomic mass is 9.91. The van der Waals surface area contributed by atoms with E-state index in [4.69, 9.17) is 16.9 Å². The average Bonchev–Trinajstić information content (AvgIpc) is 3.34. The number of halogens is 1. The van der Waals surface area contributed by atoms with E-state index < -0.39 is 54.6 Å². The molecule has 0 amide bonds. The molecule has 0 bridgehead atoms. The number of benzene rings is 1. The zero-order valence-corrected chi connectivity index (χ0v) is 16.8. The largest absolute Gasteiger partial charge is 0.385 e. The quantitative estimate of drug-likeness (QED) is 0.678. The van der Waals surface area contributed by atoms with Crippen LogP contribution in [-0.4, -0.2) is 44.3 Å². The van der Waals surface area contributed by atoms with Crippen LogP contribution in [0.5, 0.6) is 0 Å². The number of piperidine rings is 1. The summed E-state index contributed by atoms with van der Waals surface area (Å²) in [6.07, 6.45) is -7.09. The van der Waals surface area contributed by atoms with Gasteiger partial charge in [-0.15, -0.1) is 0 Å². The summed E-state index contributed by atoms with van der Waals surface area (Å²) in [7, 11) is 0. The third-order valence-electron chi connectivity index (χ3n) is 5.92. The number of hydrogen-bond acceptors (Lipinski definition) is 6. The number of rotatable bonds is 4. The lowest BCUT2D eigenvalue weighted by Crippen LogP contribution is -2.37. The van der Waals surface area contributed by atoms with E-state index in [-0.39, 0.29) is 40.6 Å². The number of aliphatic hydroxyl groups excluding tert-OH is 1. The summed E-state index contributed by atoms with van der Waals surface area (Å²) < 4.78 is 92.0. The van der Waals surface area contributed by atoms with Crippen LogP contribution < -0.4 is 5.56 Å². The Morgan fingerprint density at radius 1 is 1.39 bits per heavy atom. The molecule has 1 saturated heterocycles. The van der Waals surface area contributed by atoms with Crippen molar-refractivity contribution in [3.63, 3.8) is 0 Å². The molecule has 8 heteroatoms. The zero-order chi connectivity index (χ0) is 29.5. The Labute approximate surface area is 192 Å². The molecule has 0 radical (unpaired) electrons. The summed E-state index contributed by atoms with van der Waals surface area (Å²) in [6.45, 7) is -0.117. The molecule has 7 nitrogen and oxygen atoms in total. The minimum absolute atomic E-state index is 0.134. The SMILES string of the molecule is [2H]c1c(F)c([2H])c2onc(C3CCN(CCc4c(C)nc5n(c4=O)C([2H])([2H])C([2H])([2H])C([2H])([2H])C5O)CC3)c2c1[2H]. The number of aliphatic hydroxyl groups is 1. The van der Waals surface area contributed by atoms with Gasteiger partial charge in [-0.25, -0.2) is 9.37 Å². The highest BCUT2D eigenvalue weighted by Crippen LogP contribution is 2.32. The first kappa shape index (κ1) is 12.5. The minimum atomic E-state index is -3.22. The van der Waals surface area contributed by atoms with Gasteiger partial charge in [0.05, 0.1) is 9.81 Å². The third kappa shape index (κ3) is 3.78. The summed E-state index contributed by atoms with van der Waals surface area (Å²) in [6, 6.07) is -1.66. The van der Waals surface area contributed by atoms with Gasteiger partial charge in [0, 0.05) is 49.9 Å². The van der Waals surface area contributed by atoms with E-state index in [1.165, 1.54) is 6.92 Å². The van der Waals surface area contributed by atoms with Gasteiger partial charge in [0.1, 0.15) is 17.7 Å². The Bertz CT molecular complexity index is 1570. The number of hydrogen-bond donors (Lipinski definition) is 1. The van der Waals surface area contributed by atoms with Crippen LogP contribution in [0.1, 0.15) is 72.7 Å². The van der Waals surface area contributed by atoms with Gasteiger partial charge in [-0.2, -0.15) is 0 Å². The van der Waals surface area contributed by atoms with E-state index >= 15 is 0 Å². The van der Waals surface area contributed by atoms with Gasteiger partial charge in [0.15, 0.2) is 5.58 Å². The van der Waals surface area contributed by atoms with Crippen molar-refractivity contribution in [2.24, 2.45) is 0 Å². The van der Waals surface area contributed by atoms with Crippen LogP contribution in [0.3, 0.4) is 0 Å². The molecule has 2 aliphatic rings. The highest BCUT2D eigenvalue weighted by molar-refractivity contribution is 5.79. The van der Waals surface area contributed by atoms with Crippen LogP contribution in [0.4, 0.5) is 4.39 Å². The molecule has 2 aromatic heterocycles. The monoisotopic (exact) mass is 435 g/mol. The first-order valence-electron chi connectivity index (χ1n) is 14.6. The van der Waals surface area contributed by atoms with E-state index in [9.17, 15) is 14.3 Å². The second-order valence-electron chi connectivity index (χ2n) is 7.79. The van der Waals surface area contributed by atoms with Crippen LogP contribution in [0.25, 0.3) is 11.0 Å². The van der Waals surface area contributed by atoms with Crippen LogP contribution in [0.15, 0.2) is 27.4 Å².